The number of nitrogens with zero attached hydrogens (tertiary/aromatic N) is 3. The highest BCUT2D eigenvalue weighted by molar-refractivity contribution is 5.83. The van der Waals surface area contributed by atoms with E-state index in [0.29, 0.717) is 29.9 Å². The lowest BCUT2D eigenvalue weighted by molar-refractivity contribution is -0.125. The van der Waals surface area contributed by atoms with E-state index in [1.807, 2.05) is 45.0 Å². The zero-order valence-corrected chi connectivity index (χ0v) is 16.1. The molecule has 3 heterocycles. The number of aromatic nitrogens is 3. The SMILES string of the molecule is CC[C@@H](C(=O)NCc1ccccc1C)n1nc(C)n2c(cc3occc32)c1=O. The smallest absolute Gasteiger partial charge is 0.291 e. The summed E-state index contributed by atoms with van der Waals surface area (Å²) in [5.74, 6) is 0.399. The van der Waals surface area contributed by atoms with Crippen LogP contribution in [0.5, 0.6) is 0 Å². The molecule has 28 heavy (non-hydrogen) atoms. The summed E-state index contributed by atoms with van der Waals surface area (Å²) in [5.41, 5.74) is 3.71. The predicted octanol–water partition coefficient (Wildman–Crippen LogP) is 3.13. The molecule has 7 nitrogen and oxygen atoms in total. The number of hydrogen-bond acceptors (Lipinski definition) is 4. The van der Waals surface area contributed by atoms with E-state index in [2.05, 4.69) is 10.4 Å². The number of aryl methyl sites for hydroxylation is 2. The van der Waals surface area contributed by atoms with Crippen molar-refractivity contribution >= 4 is 22.5 Å². The molecule has 0 aliphatic heterocycles. The first-order valence-corrected chi connectivity index (χ1v) is 9.31. The molecule has 1 aromatic carbocycles. The van der Waals surface area contributed by atoms with E-state index in [1.165, 1.54) is 4.68 Å². The summed E-state index contributed by atoms with van der Waals surface area (Å²) in [5, 5.41) is 7.37. The number of nitrogens with one attached hydrogen (secondary N) is 1. The van der Waals surface area contributed by atoms with Crippen LogP contribution in [0.2, 0.25) is 0 Å². The van der Waals surface area contributed by atoms with Crippen molar-refractivity contribution in [2.45, 2.75) is 39.8 Å². The number of carbonyl (C=O) groups is 1. The van der Waals surface area contributed by atoms with Gasteiger partial charge in [0.25, 0.3) is 5.56 Å². The van der Waals surface area contributed by atoms with Crippen molar-refractivity contribution in [1.29, 1.82) is 0 Å². The molecule has 4 aromatic rings. The first kappa shape index (κ1) is 18.0. The number of benzene rings is 1. The topological polar surface area (TPSA) is 81.5 Å². The summed E-state index contributed by atoms with van der Waals surface area (Å²) in [7, 11) is 0. The third-order valence-corrected chi connectivity index (χ3v) is 5.13. The van der Waals surface area contributed by atoms with Crippen LogP contribution < -0.4 is 10.9 Å². The van der Waals surface area contributed by atoms with Crippen molar-refractivity contribution in [1.82, 2.24) is 19.5 Å². The molecule has 3 aromatic heterocycles. The molecule has 144 valence electrons. The normalized spacial score (nSPS) is 12.5. The number of fused-ring (bicyclic) bond motifs is 3. The van der Waals surface area contributed by atoms with Gasteiger partial charge in [0.15, 0.2) is 5.58 Å². The summed E-state index contributed by atoms with van der Waals surface area (Å²) < 4.78 is 8.46. The van der Waals surface area contributed by atoms with Crippen LogP contribution >= 0.6 is 0 Å². The molecule has 0 unspecified atom stereocenters. The van der Waals surface area contributed by atoms with Crippen molar-refractivity contribution in [2.75, 3.05) is 0 Å². The summed E-state index contributed by atoms with van der Waals surface area (Å²) in [6.07, 6.45) is 2.04. The fraction of sp³-hybridized carbons (Fsp3) is 0.286. The molecule has 0 spiro atoms. The van der Waals surface area contributed by atoms with E-state index in [4.69, 9.17) is 4.42 Å². The number of rotatable bonds is 5. The second kappa shape index (κ2) is 6.99. The van der Waals surface area contributed by atoms with Gasteiger partial charge in [0.1, 0.15) is 17.4 Å². The van der Waals surface area contributed by atoms with Crippen LogP contribution in [0.25, 0.3) is 16.6 Å². The maximum Gasteiger partial charge on any atom is 0.291 e. The van der Waals surface area contributed by atoms with E-state index < -0.39 is 6.04 Å². The Morgan fingerprint density at radius 1 is 1.21 bits per heavy atom. The Bertz CT molecular complexity index is 1230. The lowest BCUT2D eigenvalue weighted by Gasteiger charge is -2.18. The average Bonchev–Trinajstić information content (AvgIpc) is 3.27. The van der Waals surface area contributed by atoms with Crippen LogP contribution in [0.15, 0.2) is 51.9 Å². The van der Waals surface area contributed by atoms with Gasteiger partial charge in [-0.1, -0.05) is 31.2 Å². The van der Waals surface area contributed by atoms with Gasteiger partial charge in [-0.2, -0.15) is 5.10 Å². The van der Waals surface area contributed by atoms with Crippen LogP contribution in [-0.4, -0.2) is 20.1 Å². The van der Waals surface area contributed by atoms with Gasteiger partial charge in [0, 0.05) is 18.7 Å². The highest BCUT2D eigenvalue weighted by Gasteiger charge is 2.23. The average molecular weight is 378 g/mol. The second-order valence-corrected chi connectivity index (χ2v) is 6.90. The summed E-state index contributed by atoms with van der Waals surface area (Å²) >= 11 is 0. The zero-order chi connectivity index (χ0) is 19.8. The first-order valence-electron chi connectivity index (χ1n) is 9.31. The molecule has 1 amide bonds. The molecule has 0 saturated carbocycles. The van der Waals surface area contributed by atoms with Gasteiger partial charge in [-0.25, -0.2) is 4.68 Å². The van der Waals surface area contributed by atoms with Crippen molar-refractivity contribution in [3.63, 3.8) is 0 Å². The van der Waals surface area contributed by atoms with E-state index in [9.17, 15) is 9.59 Å². The van der Waals surface area contributed by atoms with Gasteiger partial charge < -0.3 is 9.73 Å². The van der Waals surface area contributed by atoms with Gasteiger partial charge >= 0.3 is 0 Å². The number of amides is 1. The van der Waals surface area contributed by atoms with Crippen molar-refractivity contribution < 1.29 is 9.21 Å². The van der Waals surface area contributed by atoms with Gasteiger partial charge in [-0.3, -0.25) is 14.0 Å². The van der Waals surface area contributed by atoms with E-state index in [-0.39, 0.29) is 11.5 Å². The molecule has 7 heteroatoms. The summed E-state index contributed by atoms with van der Waals surface area (Å²) in [6.45, 7) is 6.10. The minimum Gasteiger partial charge on any atom is -0.463 e. The largest absolute Gasteiger partial charge is 0.463 e. The Labute approximate surface area is 161 Å². The van der Waals surface area contributed by atoms with Crippen LogP contribution in [0.1, 0.15) is 36.3 Å². The number of carbonyl (C=O) groups excluding carboxylic acids is 1. The summed E-state index contributed by atoms with van der Waals surface area (Å²) in [4.78, 5) is 25.9. The van der Waals surface area contributed by atoms with Crippen molar-refractivity contribution in [3.05, 3.63) is 70.0 Å². The maximum atomic E-state index is 13.0. The van der Waals surface area contributed by atoms with Crippen LogP contribution in [0.4, 0.5) is 0 Å². The van der Waals surface area contributed by atoms with E-state index in [0.717, 1.165) is 16.6 Å². The highest BCUT2D eigenvalue weighted by Crippen LogP contribution is 2.21. The minimum absolute atomic E-state index is 0.223. The Morgan fingerprint density at radius 3 is 2.75 bits per heavy atom. The molecule has 0 saturated heterocycles. The van der Waals surface area contributed by atoms with Gasteiger partial charge in [-0.15, -0.1) is 0 Å². The Balaban J connectivity index is 1.68. The lowest BCUT2D eigenvalue weighted by Crippen LogP contribution is -2.39. The second-order valence-electron chi connectivity index (χ2n) is 6.90. The molecule has 0 aliphatic carbocycles. The molecule has 1 atom stereocenters. The first-order chi connectivity index (χ1) is 13.5. The summed E-state index contributed by atoms with van der Waals surface area (Å²) in [6, 6.07) is 10.7. The molecule has 1 N–H and O–H groups in total. The van der Waals surface area contributed by atoms with Crippen molar-refractivity contribution in [2.24, 2.45) is 0 Å². The standard InChI is InChI=1S/C21H22N4O3/c1-4-16(20(26)22-12-15-8-6-5-7-13(15)2)25-21(27)18-11-19-17(9-10-28-19)24(18)14(3)23-25/h5-11,16H,4,12H2,1-3H3,(H,22,26)/t16-/m0/s1. The van der Waals surface area contributed by atoms with Crippen molar-refractivity contribution in [3.8, 4) is 0 Å². The lowest BCUT2D eigenvalue weighted by atomic mass is 10.1. The third kappa shape index (κ3) is 2.89. The fourth-order valence-electron chi connectivity index (χ4n) is 3.58. The molecule has 4 rings (SSSR count). The monoisotopic (exact) mass is 378 g/mol. The Hall–Kier alpha value is -3.35. The quantitative estimate of drug-likeness (QED) is 0.578. The molecule has 0 fully saturated rings. The Morgan fingerprint density at radius 2 is 2.00 bits per heavy atom. The number of furan rings is 1. The molecular weight excluding hydrogens is 356 g/mol. The fourth-order valence-corrected chi connectivity index (χ4v) is 3.58. The Kier molecular flexibility index (Phi) is 4.50. The zero-order valence-electron chi connectivity index (χ0n) is 16.1. The maximum absolute atomic E-state index is 13.0. The number of hydrogen-bond donors (Lipinski definition) is 1. The third-order valence-electron chi connectivity index (χ3n) is 5.13. The molecular formula is C21H22N4O3. The van der Waals surface area contributed by atoms with E-state index >= 15 is 0 Å². The predicted molar refractivity (Wildman–Crippen MR) is 106 cm³/mol. The van der Waals surface area contributed by atoms with Gasteiger partial charge in [-0.05, 0) is 31.4 Å². The molecule has 0 aliphatic rings. The van der Waals surface area contributed by atoms with E-state index in [1.54, 1.807) is 22.8 Å². The minimum atomic E-state index is -0.679. The van der Waals surface area contributed by atoms with Gasteiger partial charge in [0.2, 0.25) is 5.91 Å². The molecule has 0 radical (unpaired) electrons. The molecule has 0 bridgehead atoms. The van der Waals surface area contributed by atoms with Crippen LogP contribution in [0.3, 0.4) is 0 Å². The van der Waals surface area contributed by atoms with Crippen LogP contribution in [0, 0.1) is 13.8 Å². The van der Waals surface area contributed by atoms with Crippen LogP contribution in [-0.2, 0) is 11.3 Å². The highest BCUT2D eigenvalue weighted by atomic mass is 16.3. The van der Waals surface area contributed by atoms with Gasteiger partial charge in [0.05, 0.1) is 11.8 Å².